The van der Waals surface area contributed by atoms with Crippen LogP contribution in [0.3, 0.4) is 0 Å². The van der Waals surface area contributed by atoms with E-state index in [-0.39, 0.29) is 25.2 Å². The van der Waals surface area contributed by atoms with Crippen molar-refractivity contribution < 1.29 is 23.9 Å². The number of rotatable bonds is 6. The number of Topliss-reactive ketones (excluding diaryl/α,β-unsaturated/α-hetero) is 1. The van der Waals surface area contributed by atoms with Crippen LogP contribution in [0.2, 0.25) is 0 Å². The molecule has 0 spiro atoms. The van der Waals surface area contributed by atoms with Gasteiger partial charge in [0, 0.05) is 25.1 Å². The Morgan fingerprint density at radius 2 is 1.85 bits per heavy atom. The molecule has 1 saturated heterocycles. The number of hydrogen-bond acceptors (Lipinski definition) is 5. The number of benzene rings is 1. The van der Waals surface area contributed by atoms with Gasteiger partial charge in [-0.1, -0.05) is 12.1 Å². The Balaban J connectivity index is 1.44. The summed E-state index contributed by atoms with van der Waals surface area (Å²) >= 11 is 0. The average molecular weight is 358 g/mol. The van der Waals surface area contributed by atoms with Crippen molar-refractivity contribution in [2.45, 2.75) is 38.5 Å². The summed E-state index contributed by atoms with van der Waals surface area (Å²) < 4.78 is 4.88. The van der Waals surface area contributed by atoms with Crippen molar-refractivity contribution in [3.05, 3.63) is 34.9 Å². The second-order valence-electron chi connectivity index (χ2n) is 6.55. The summed E-state index contributed by atoms with van der Waals surface area (Å²) in [6.07, 6.45) is 4.32. The van der Waals surface area contributed by atoms with E-state index in [1.54, 1.807) is 0 Å². The van der Waals surface area contributed by atoms with Gasteiger partial charge >= 0.3 is 12.0 Å². The van der Waals surface area contributed by atoms with Crippen molar-refractivity contribution in [2.75, 3.05) is 19.7 Å². The molecule has 0 radical (unpaired) electrons. The van der Waals surface area contributed by atoms with Crippen LogP contribution < -0.4 is 5.32 Å². The SMILES string of the molecule is O=C(CCC(=O)c1ccc2c(c1)CCCC2)OCC(=O)N1CCNC1=O. The highest BCUT2D eigenvalue weighted by molar-refractivity contribution is 5.98. The molecule has 7 nitrogen and oxygen atoms in total. The molecule has 0 saturated carbocycles. The fourth-order valence-electron chi connectivity index (χ4n) is 3.27. The van der Waals surface area contributed by atoms with E-state index in [9.17, 15) is 19.2 Å². The molecule has 0 aromatic heterocycles. The molecular weight excluding hydrogens is 336 g/mol. The highest BCUT2D eigenvalue weighted by Crippen LogP contribution is 2.23. The zero-order valence-electron chi connectivity index (χ0n) is 14.6. The van der Waals surface area contributed by atoms with Gasteiger partial charge in [-0.3, -0.25) is 19.3 Å². The molecular formula is C19H22N2O5. The van der Waals surface area contributed by atoms with Crippen LogP contribution in [0, 0.1) is 0 Å². The number of ketones is 1. The van der Waals surface area contributed by atoms with Gasteiger partial charge in [0.25, 0.3) is 5.91 Å². The second kappa shape index (κ2) is 8.12. The van der Waals surface area contributed by atoms with Gasteiger partial charge in [0.1, 0.15) is 0 Å². The van der Waals surface area contributed by atoms with Gasteiger partial charge in [-0.15, -0.1) is 0 Å². The van der Waals surface area contributed by atoms with Crippen LogP contribution in [-0.4, -0.2) is 48.3 Å². The molecule has 0 atom stereocenters. The molecule has 3 amide bonds. The predicted molar refractivity (Wildman–Crippen MR) is 92.7 cm³/mol. The maximum absolute atomic E-state index is 12.3. The monoisotopic (exact) mass is 358 g/mol. The quantitative estimate of drug-likeness (QED) is 0.616. The molecule has 1 aliphatic heterocycles. The number of aryl methyl sites for hydroxylation is 2. The number of fused-ring (bicyclic) bond motifs is 1. The molecule has 1 aliphatic carbocycles. The average Bonchev–Trinajstić information content (AvgIpc) is 3.09. The topological polar surface area (TPSA) is 92.8 Å². The molecule has 1 heterocycles. The standard InChI is InChI=1S/C19H22N2O5/c22-16(15-6-5-13-3-1-2-4-14(13)11-15)7-8-18(24)26-12-17(23)21-10-9-20-19(21)25/h5-6,11H,1-4,7-10,12H2,(H,20,25). The molecule has 26 heavy (non-hydrogen) atoms. The number of carbonyl (C=O) groups is 4. The van der Waals surface area contributed by atoms with Crippen molar-refractivity contribution in [3.8, 4) is 0 Å². The van der Waals surface area contributed by atoms with E-state index >= 15 is 0 Å². The molecule has 1 fully saturated rings. The molecule has 1 aromatic rings. The lowest BCUT2D eigenvalue weighted by atomic mass is 9.89. The van der Waals surface area contributed by atoms with Gasteiger partial charge in [-0.25, -0.2) is 4.79 Å². The normalized spacial score (nSPS) is 16.0. The Morgan fingerprint density at radius 3 is 2.58 bits per heavy atom. The molecule has 1 aromatic carbocycles. The third kappa shape index (κ3) is 4.28. The Morgan fingerprint density at radius 1 is 1.08 bits per heavy atom. The third-order valence-corrected chi connectivity index (χ3v) is 4.74. The van der Waals surface area contributed by atoms with E-state index in [0.29, 0.717) is 12.1 Å². The first-order chi connectivity index (χ1) is 12.5. The Hall–Kier alpha value is -2.70. The van der Waals surface area contributed by atoms with E-state index in [1.165, 1.54) is 17.5 Å². The van der Waals surface area contributed by atoms with Gasteiger partial charge in [-0.05, 0) is 42.9 Å². The molecule has 0 unspecified atom stereocenters. The summed E-state index contributed by atoms with van der Waals surface area (Å²) in [5, 5.41) is 2.50. The first-order valence-corrected chi connectivity index (χ1v) is 8.93. The van der Waals surface area contributed by atoms with Gasteiger partial charge in [0.2, 0.25) is 0 Å². The van der Waals surface area contributed by atoms with Crippen LogP contribution in [0.15, 0.2) is 18.2 Å². The van der Waals surface area contributed by atoms with E-state index in [1.807, 2.05) is 18.2 Å². The number of hydrogen-bond donors (Lipinski definition) is 1. The molecule has 3 rings (SSSR count). The summed E-state index contributed by atoms with van der Waals surface area (Å²) in [5.41, 5.74) is 3.14. The maximum Gasteiger partial charge on any atom is 0.324 e. The fraction of sp³-hybridized carbons (Fsp3) is 0.474. The van der Waals surface area contributed by atoms with Gasteiger partial charge in [0.15, 0.2) is 12.4 Å². The highest BCUT2D eigenvalue weighted by atomic mass is 16.5. The van der Waals surface area contributed by atoms with E-state index in [4.69, 9.17) is 4.74 Å². The number of nitrogens with one attached hydrogen (secondary N) is 1. The Bertz CT molecular complexity index is 743. The number of imide groups is 1. The van der Waals surface area contributed by atoms with Crippen molar-refractivity contribution in [2.24, 2.45) is 0 Å². The number of amides is 3. The van der Waals surface area contributed by atoms with Crippen molar-refractivity contribution >= 4 is 23.7 Å². The van der Waals surface area contributed by atoms with Crippen LogP contribution in [0.25, 0.3) is 0 Å². The van der Waals surface area contributed by atoms with Crippen molar-refractivity contribution in [1.82, 2.24) is 10.2 Å². The predicted octanol–water partition coefficient (Wildman–Crippen LogP) is 1.62. The second-order valence-corrected chi connectivity index (χ2v) is 6.55. The van der Waals surface area contributed by atoms with Gasteiger partial charge in [0.05, 0.1) is 6.42 Å². The first kappa shape index (κ1) is 18.1. The van der Waals surface area contributed by atoms with Crippen molar-refractivity contribution in [1.29, 1.82) is 0 Å². The number of urea groups is 1. The summed E-state index contributed by atoms with van der Waals surface area (Å²) in [6, 6.07) is 5.26. The third-order valence-electron chi connectivity index (χ3n) is 4.74. The van der Waals surface area contributed by atoms with E-state index in [0.717, 1.165) is 24.2 Å². The molecule has 1 N–H and O–H groups in total. The maximum atomic E-state index is 12.3. The minimum atomic E-state index is -0.621. The minimum absolute atomic E-state index is 0.0377. The Labute approximate surface area is 151 Å². The lowest BCUT2D eigenvalue weighted by Gasteiger charge is -2.16. The number of carbonyl (C=O) groups excluding carboxylic acids is 4. The summed E-state index contributed by atoms with van der Waals surface area (Å²) in [7, 11) is 0. The Kier molecular flexibility index (Phi) is 5.65. The van der Waals surface area contributed by atoms with Crippen molar-refractivity contribution in [3.63, 3.8) is 0 Å². The van der Waals surface area contributed by atoms with Crippen LogP contribution in [0.1, 0.15) is 47.2 Å². The number of esters is 1. The first-order valence-electron chi connectivity index (χ1n) is 8.93. The van der Waals surface area contributed by atoms with E-state index < -0.39 is 24.5 Å². The molecule has 138 valence electrons. The molecule has 7 heteroatoms. The van der Waals surface area contributed by atoms with Crippen LogP contribution in [-0.2, 0) is 27.2 Å². The zero-order valence-corrected chi connectivity index (χ0v) is 14.6. The largest absolute Gasteiger partial charge is 0.456 e. The van der Waals surface area contributed by atoms with Crippen LogP contribution in [0.4, 0.5) is 4.79 Å². The number of ether oxygens (including phenoxy) is 1. The molecule has 2 aliphatic rings. The summed E-state index contributed by atoms with van der Waals surface area (Å²) in [4.78, 5) is 48.2. The van der Waals surface area contributed by atoms with Gasteiger partial charge in [-0.2, -0.15) is 0 Å². The summed E-state index contributed by atoms with van der Waals surface area (Å²) in [5.74, 6) is -1.29. The lowest BCUT2D eigenvalue weighted by molar-refractivity contribution is -0.150. The highest BCUT2D eigenvalue weighted by Gasteiger charge is 2.26. The minimum Gasteiger partial charge on any atom is -0.456 e. The fourth-order valence-corrected chi connectivity index (χ4v) is 3.27. The zero-order chi connectivity index (χ0) is 18.5. The van der Waals surface area contributed by atoms with E-state index in [2.05, 4.69) is 5.32 Å². The smallest absolute Gasteiger partial charge is 0.324 e. The molecule has 0 bridgehead atoms. The number of nitrogens with zero attached hydrogens (tertiary/aromatic N) is 1. The van der Waals surface area contributed by atoms with Gasteiger partial charge < -0.3 is 10.1 Å². The lowest BCUT2D eigenvalue weighted by Crippen LogP contribution is -2.37. The van der Waals surface area contributed by atoms with Crippen LogP contribution >= 0.6 is 0 Å². The van der Waals surface area contributed by atoms with Crippen LogP contribution in [0.5, 0.6) is 0 Å². The summed E-state index contributed by atoms with van der Waals surface area (Å²) in [6.45, 7) is 0.180.